The maximum atomic E-state index is 11.2. The molecule has 0 bridgehead atoms. The van der Waals surface area contributed by atoms with Crippen LogP contribution in [-0.4, -0.2) is 19.4 Å². The molecule has 8 heteroatoms. The number of hydrogen-bond donors (Lipinski definition) is 3. The van der Waals surface area contributed by atoms with Crippen LogP contribution in [0.15, 0.2) is 28.0 Å². The fourth-order valence-corrected chi connectivity index (χ4v) is 1.74. The lowest BCUT2D eigenvalue weighted by molar-refractivity contribution is 0.253. The lowest BCUT2D eigenvalue weighted by atomic mass is 10.5. The van der Waals surface area contributed by atoms with Gasteiger partial charge in [0.05, 0.1) is 0 Å². The molecule has 0 unspecified atom stereocenters. The van der Waals surface area contributed by atoms with Gasteiger partial charge in [-0.1, -0.05) is 0 Å². The summed E-state index contributed by atoms with van der Waals surface area (Å²) in [6.07, 6.45) is 1.27. The maximum absolute atomic E-state index is 11.2. The third kappa shape index (κ3) is 2.10. The molecule has 0 spiro atoms. The molecule has 0 saturated heterocycles. The summed E-state index contributed by atoms with van der Waals surface area (Å²) in [5, 5.41) is 0. The Bertz CT molecular complexity index is 504. The first-order valence-corrected chi connectivity index (χ1v) is 4.92. The number of primary amides is 1. The fraction of sp³-hybridized carbons (Fsp3) is 0. The van der Waals surface area contributed by atoms with E-state index in [2.05, 4.69) is 10.7 Å². The molecular formula is C6H7N3O4S. The van der Waals surface area contributed by atoms with Crippen LogP contribution in [-0.2, 0) is 10.0 Å². The summed E-state index contributed by atoms with van der Waals surface area (Å²) in [6, 6.07) is 1.13. The van der Waals surface area contributed by atoms with Gasteiger partial charge >= 0.3 is 6.03 Å². The van der Waals surface area contributed by atoms with E-state index in [0.717, 1.165) is 6.07 Å². The molecule has 7 nitrogen and oxygen atoms in total. The zero-order chi connectivity index (χ0) is 10.8. The van der Waals surface area contributed by atoms with Crippen LogP contribution in [0.5, 0.6) is 0 Å². The summed E-state index contributed by atoms with van der Waals surface area (Å²) in [5.41, 5.74) is 3.81. The molecule has 1 aromatic rings. The second kappa shape index (κ2) is 3.50. The van der Waals surface area contributed by atoms with Crippen molar-refractivity contribution in [3.8, 4) is 0 Å². The van der Waals surface area contributed by atoms with Gasteiger partial charge in [-0.05, 0) is 12.1 Å². The highest BCUT2D eigenvalue weighted by molar-refractivity contribution is 7.90. The molecular weight excluding hydrogens is 210 g/mol. The molecule has 4 N–H and O–H groups in total. The number of H-pyrrole nitrogens is 1. The Kier molecular flexibility index (Phi) is 2.56. The van der Waals surface area contributed by atoms with Gasteiger partial charge in [-0.2, -0.15) is 0 Å². The lowest BCUT2D eigenvalue weighted by Gasteiger charge is -2.01. The standard InChI is InChI=1S/C6H7N3O4S/c7-6(11)9-14(12,13)4-2-1-3-8-5(4)10/h1-3H,(H,8,10)(H3,7,9,11). The number of carbonyl (C=O) groups is 1. The predicted molar refractivity (Wildman–Crippen MR) is 47.0 cm³/mol. The summed E-state index contributed by atoms with van der Waals surface area (Å²) in [5.74, 6) is 0. The monoisotopic (exact) mass is 217 g/mol. The quantitative estimate of drug-likeness (QED) is 0.571. The Morgan fingerprint density at radius 2 is 2.14 bits per heavy atom. The fourth-order valence-electron chi connectivity index (χ4n) is 0.805. The van der Waals surface area contributed by atoms with Gasteiger partial charge in [0.1, 0.15) is 0 Å². The Labute approximate surface area is 79.0 Å². The predicted octanol–water partition coefficient (Wildman–Crippen LogP) is -1.27. The minimum Gasteiger partial charge on any atom is -0.351 e. The molecule has 0 aliphatic carbocycles. The van der Waals surface area contributed by atoms with Gasteiger partial charge in [0.2, 0.25) is 0 Å². The van der Waals surface area contributed by atoms with E-state index in [-0.39, 0.29) is 0 Å². The highest BCUT2D eigenvalue weighted by Crippen LogP contribution is 1.99. The zero-order valence-corrected chi connectivity index (χ0v) is 7.67. The summed E-state index contributed by atoms with van der Waals surface area (Å²) in [7, 11) is -4.16. The molecule has 0 saturated carbocycles. The first-order valence-electron chi connectivity index (χ1n) is 3.43. The van der Waals surface area contributed by atoms with Crippen molar-refractivity contribution >= 4 is 16.1 Å². The van der Waals surface area contributed by atoms with E-state index in [4.69, 9.17) is 0 Å². The number of carbonyl (C=O) groups excluding carboxylic acids is 1. The SMILES string of the molecule is NC(=O)NS(=O)(=O)c1ccc[nH]c1=O. The van der Waals surface area contributed by atoms with E-state index in [1.807, 2.05) is 0 Å². The van der Waals surface area contributed by atoms with Crippen LogP contribution in [0.1, 0.15) is 0 Å². The van der Waals surface area contributed by atoms with E-state index in [1.165, 1.54) is 17.0 Å². The number of hydrogen-bond acceptors (Lipinski definition) is 4. The molecule has 0 fully saturated rings. The molecule has 0 aromatic carbocycles. The number of aromatic nitrogens is 1. The van der Waals surface area contributed by atoms with Gasteiger partial charge in [0.25, 0.3) is 15.6 Å². The highest BCUT2D eigenvalue weighted by Gasteiger charge is 2.18. The first kappa shape index (κ1) is 10.3. The molecule has 0 atom stereocenters. The van der Waals surface area contributed by atoms with Crippen molar-refractivity contribution < 1.29 is 13.2 Å². The average molecular weight is 217 g/mol. The van der Waals surface area contributed by atoms with Gasteiger partial charge in [0, 0.05) is 6.20 Å². The van der Waals surface area contributed by atoms with Gasteiger partial charge in [-0.3, -0.25) is 4.79 Å². The van der Waals surface area contributed by atoms with E-state index in [9.17, 15) is 18.0 Å². The van der Waals surface area contributed by atoms with Crippen molar-refractivity contribution in [1.29, 1.82) is 0 Å². The first-order chi connectivity index (χ1) is 6.43. The Balaban J connectivity index is 3.25. The summed E-state index contributed by atoms with van der Waals surface area (Å²) in [6.45, 7) is 0. The van der Waals surface area contributed by atoms with E-state index >= 15 is 0 Å². The van der Waals surface area contributed by atoms with Crippen molar-refractivity contribution in [1.82, 2.24) is 9.71 Å². The van der Waals surface area contributed by atoms with Crippen LogP contribution in [0.4, 0.5) is 4.79 Å². The summed E-state index contributed by atoms with van der Waals surface area (Å²) < 4.78 is 23.9. The lowest BCUT2D eigenvalue weighted by Crippen LogP contribution is -2.37. The maximum Gasteiger partial charge on any atom is 0.326 e. The molecule has 0 radical (unpaired) electrons. The number of aromatic amines is 1. The second-order valence-corrected chi connectivity index (χ2v) is 3.98. The normalized spacial score (nSPS) is 10.9. The number of nitrogens with two attached hydrogens (primary N) is 1. The number of sulfonamides is 1. The van der Waals surface area contributed by atoms with Gasteiger partial charge in [-0.25, -0.2) is 17.9 Å². The molecule has 1 heterocycles. The van der Waals surface area contributed by atoms with E-state index in [1.54, 1.807) is 0 Å². The third-order valence-electron chi connectivity index (χ3n) is 1.31. The third-order valence-corrected chi connectivity index (χ3v) is 2.68. The largest absolute Gasteiger partial charge is 0.351 e. The van der Waals surface area contributed by atoms with E-state index in [0.29, 0.717) is 0 Å². The number of rotatable bonds is 2. The minimum absolute atomic E-state index is 0.557. The molecule has 76 valence electrons. The molecule has 1 rings (SSSR count). The highest BCUT2D eigenvalue weighted by atomic mass is 32.2. The van der Waals surface area contributed by atoms with Gasteiger partial charge in [-0.15, -0.1) is 0 Å². The molecule has 1 aromatic heterocycles. The van der Waals surface area contributed by atoms with Crippen LogP contribution in [0.2, 0.25) is 0 Å². The van der Waals surface area contributed by atoms with E-state index < -0.39 is 26.5 Å². The molecule has 2 amide bonds. The van der Waals surface area contributed by atoms with Crippen molar-refractivity contribution in [3.05, 3.63) is 28.7 Å². The van der Waals surface area contributed by atoms with Crippen LogP contribution in [0.3, 0.4) is 0 Å². The van der Waals surface area contributed by atoms with Crippen LogP contribution < -0.4 is 16.0 Å². The molecule has 14 heavy (non-hydrogen) atoms. The topological polar surface area (TPSA) is 122 Å². The van der Waals surface area contributed by atoms with Crippen LogP contribution in [0, 0.1) is 0 Å². The van der Waals surface area contributed by atoms with Crippen molar-refractivity contribution in [3.63, 3.8) is 0 Å². The second-order valence-electron chi connectivity index (χ2n) is 2.33. The van der Waals surface area contributed by atoms with Crippen molar-refractivity contribution in [2.24, 2.45) is 5.73 Å². The Morgan fingerprint density at radius 1 is 1.50 bits per heavy atom. The average Bonchev–Trinajstić information content (AvgIpc) is 2.02. The minimum atomic E-state index is -4.16. The summed E-state index contributed by atoms with van der Waals surface area (Å²) >= 11 is 0. The van der Waals surface area contributed by atoms with Crippen molar-refractivity contribution in [2.45, 2.75) is 4.90 Å². The number of amides is 2. The Hall–Kier alpha value is -1.83. The molecule has 0 aliphatic rings. The number of urea groups is 1. The van der Waals surface area contributed by atoms with Gasteiger partial charge < -0.3 is 10.7 Å². The Morgan fingerprint density at radius 3 is 2.64 bits per heavy atom. The molecule has 0 aliphatic heterocycles. The van der Waals surface area contributed by atoms with Crippen molar-refractivity contribution in [2.75, 3.05) is 0 Å². The van der Waals surface area contributed by atoms with Crippen LogP contribution >= 0.6 is 0 Å². The van der Waals surface area contributed by atoms with Crippen LogP contribution in [0.25, 0.3) is 0 Å². The zero-order valence-electron chi connectivity index (χ0n) is 6.85. The summed E-state index contributed by atoms with van der Waals surface area (Å²) in [4.78, 5) is 22.9. The smallest absolute Gasteiger partial charge is 0.326 e. The van der Waals surface area contributed by atoms with Gasteiger partial charge in [0.15, 0.2) is 4.90 Å². The number of nitrogens with one attached hydrogen (secondary N) is 2. The number of pyridine rings is 1.